The molecule has 0 radical (unpaired) electrons. The largest absolute Gasteiger partial charge is 0.489 e. The van der Waals surface area contributed by atoms with Crippen LogP contribution in [0.1, 0.15) is 13.8 Å². The van der Waals surface area contributed by atoms with Crippen LogP contribution in [0.5, 0.6) is 5.75 Å². The maximum atomic E-state index is 12.0. The van der Waals surface area contributed by atoms with Crippen LogP contribution in [0.15, 0.2) is 42.0 Å². The van der Waals surface area contributed by atoms with E-state index in [2.05, 4.69) is 0 Å². The van der Waals surface area contributed by atoms with Crippen molar-refractivity contribution in [2.24, 2.45) is 5.41 Å². The van der Waals surface area contributed by atoms with Gasteiger partial charge in [0, 0.05) is 0 Å². The van der Waals surface area contributed by atoms with Gasteiger partial charge in [-0.05, 0) is 37.6 Å². The zero-order valence-corrected chi connectivity index (χ0v) is 12.1. The Morgan fingerprint density at radius 1 is 1.00 bits per heavy atom. The highest BCUT2D eigenvalue weighted by Crippen LogP contribution is 2.46. The number of hydrogen-bond donors (Lipinski definition) is 0. The van der Waals surface area contributed by atoms with E-state index in [0.29, 0.717) is 11.3 Å². The van der Waals surface area contributed by atoms with Crippen LogP contribution in [-0.4, -0.2) is 31.8 Å². The third-order valence-electron chi connectivity index (χ3n) is 3.15. The Labute approximate surface area is 123 Å². The number of esters is 2. The van der Waals surface area contributed by atoms with E-state index in [1.165, 1.54) is 0 Å². The lowest BCUT2D eigenvalue weighted by Crippen LogP contribution is -2.34. The Balaban J connectivity index is 2.02. The summed E-state index contributed by atoms with van der Waals surface area (Å²) < 4.78 is 15.5. The minimum Gasteiger partial charge on any atom is -0.489 e. The summed E-state index contributed by atoms with van der Waals surface area (Å²) in [6, 6.07) is 9.19. The Hall–Kier alpha value is -2.30. The number of rotatable bonds is 7. The number of carbonyl (C=O) groups excluding carboxylic acids is 2. The van der Waals surface area contributed by atoms with Gasteiger partial charge in [0.1, 0.15) is 12.4 Å². The lowest BCUT2D eigenvalue weighted by atomic mass is 10.0. The summed E-state index contributed by atoms with van der Waals surface area (Å²) >= 11 is 0. The fourth-order valence-electron chi connectivity index (χ4n) is 2.01. The first-order valence-electron chi connectivity index (χ1n) is 6.89. The molecule has 0 aliphatic heterocycles. The van der Waals surface area contributed by atoms with Crippen molar-refractivity contribution < 1.29 is 23.8 Å². The van der Waals surface area contributed by atoms with Gasteiger partial charge >= 0.3 is 11.9 Å². The van der Waals surface area contributed by atoms with Crippen LogP contribution in [0.25, 0.3) is 0 Å². The molecule has 112 valence electrons. The molecule has 0 amide bonds. The monoisotopic (exact) mass is 290 g/mol. The molecular weight excluding hydrogens is 272 g/mol. The molecule has 1 aromatic rings. The number of para-hydroxylation sites is 1. The molecule has 0 saturated heterocycles. The smallest absolute Gasteiger partial charge is 0.331 e. The summed E-state index contributed by atoms with van der Waals surface area (Å²) in [5.74, 6) is -0.530. The first kappa shape index (κ1) is 15.1. The molecule has 0 atom stereocenters. The number of carbonyl (C=O) groups is 2. The molecule has 21 heavy (non-hydrogen) atoms. The van der Waals surface area contributed by atoms with Crippen LogP contribution in [0.2, 0.25) is 0 Å². The van der Waals surface area contributed by atoms with Crippen molar-refractivity contribution in [3.8, 4) is 5.75 Å². The highest BCUT2D eigenvalue weighted by atomic mass is 16.6. The Morgan fingerprint density at radius 3 is 2.10 bits per heavy atom. The molecule has 1 aromatic carbocycles. The molecule has 5 heteroatoms. The molecule has 0 unspecified atom stereocenters. The van der Waals surface area contributed by atoms with Gasteiger partial charge in [-0.1, -0.05) is 18.2 Å². The second-order valence-electron chi connectivity index (χ2n) is 4.52. The Bertz CT molecular complexity index is 529. The van der Waals surface area contributed by atoms with E-state index < -0.39 is 17.4 Å². The Morgan fingerprint density at radius 2 is 1.57 bits per heavy atom. The average Bonchev–Trinajstić information content (AvgIpc) is 3.23. The summed E-state index contributed by atoms with van der Waals surface area (Å²) in [4.78, 5) is 24.1. The summed E-state index contributed by atoms with van der Waals surface area (Å²) in [6.45, 7) is 3.96. The fraction of sp³-hybridized carbons (Fsp3) is 0.375. The minimum atomic E-state index is -1.39. The van der Waals surface area contributed by atoms with Gasteiger partial charge in [0.25, 0.3) is 0 Å². The highest BCUT2D eigenvalue weighted by Gasteiger charge is 2.60. The van der Waals surface area contributed by atoms with Crippen LogP contribution < -0.4 is 4.74 Å². The van der Waals surface area contributed by atoms with Crippen molar-refractivity contribution in [2.45, 2.75) is 13.8 Å². The van der Waals surface area contributed by atoms with E-state index in [0.717, 1.165) is 0 Å². The maximum Gasteiger partial charge on any atom is 0.331 e. The first-order chi connectivity index (χ1) is 10.1. The molecule has 0 N–H and O–H groups in total. The quantitative estimate of drug-likeness (QED) is 0.437. The summed E-state index contributed by atoms with van der Waals surface area (Å²) in [5.41, 5.74) is -0.816. The van der Waals surface area contributed by atoms with Crippen LogP contribution >= 0.6 is 0 Å². The fourth-order valence-corrected chi connectivity index (χ4v) is 2.01. The summed E-state index contributed by atoms with van der Waals surface area (Å²) in [5, 5.41) is 0. The molecule has 5 nitrogen and oxygen atoms in total. The predicted molar refractivity (Wildman–Crippen MR) is 75.7 cm³/mol. The van der Waals surface area contributed by atoms with Gasteiger partial charge in [0.15, 0.2) is 0 Å². The van der Waals surface area contributed by atoms with E-state index >= 15 is 0 Å². The van der Waals surface area contributed by atoms with Crippen molar-refractivity contribution in [3.63, 3.8) is 0 Å². The molecular formula is C16H18O5. The van der Waals surface area contributed by atoms with Gasteiger partial charge in [0.05, 0.1) is 13.2 Å². The first-order valence-corrected chi connectivity index (χ1v) is 6.89. The zero-order valence-electron chi connectivity index (χ0n) is 12.1. The average molecular weight is 290 g/mol. The standard InChI is InChI=1S/C16H18O5/c1-3-19-14(17)16(15(18)20-4-2)10-12(16)11-21-13-8-6-5-7-9-13/h5-10H,3-4,11H2,1-2H3. The maximum absolute atomic E-state index is 12.0. The van der Waals surface area contributed by atoms with Crippen LogP contribution in [-0.2, 0) is 19.1 Å². The number of benzene rings is 1. The lowest BCUT2D eigenvalue weighted by Gasteiger charge is -2.15. The molecule has 0 spiro atoms. The zero-order chi connectivity index (χ0) is 15.3. The van der Waals surface area contributed by atoms with Gasteiger partial charge in [-0.15, -0.1) is 0 Å². The molecule has 0 saturated carbocycles. The third kappa shape index (κ3) is 3.07. The molecule has 0 bridgehead atoms. The van der Waals surface area contributed by atoms with E-state index in [1.807, 2.05) is 18.2 Å². The second kappa shape index (κ2) is 6.43. The molecule has 2 rings (SSSR count). The van der Waals surface area contributed by atoms with E-state index in [9.17, 15) is 9.59 Å². The molecule has 1 aliphatic carbocycles. The van der Waals surface area contributed by atoms with Gasteiger partial charge in [-0.2, -0.15) is 0 Å². The minimum absolute atomic E-state index is 0.154. The van der Waals surface area contributed by atoms with Crippen molar-refractivity contribution in [1.82, 2.24) is 0 Å². The van der Waals surface area contributed by atoms with Gasteiger partial charge in [0.2, 0.25) is 5.41 Å². The van der Waals surface area contributed by atoms with Crippen molar-refractivity contribution in [1.29, 1.82) is 0 Å². The van der Waals surface area contributed by atoms with E-state index in [-0.39, 0.29) is 19.8 Å². The molecule has 1 aliphatic rings. The normalized spacial score (nSPS) is 14.9. The van der Waals surface area contributed by atoms with Gasteiger partial charge in [-0.25, -0.2) is 0 Å². The van der Waals surface area contributed by atoms with Crippen molar-refractivity contribution in [2.75, 3.05) is 19.8 Å². The van der Waals surface area contributed by atoms with Crippen molar-refractivity contribution >= 4 is 11.9 Å². The van der Waals surface area contributed by atoms with Crippen LogP contribution in [0, 0.1) is 5.41 Å². The summed E-state index contributed by atoms with van der Waals surface area (Å²) in [6.07, 6.45) is 1.55. The topological polar surface area (TPSA) is 61.8 Å². The van der Waals surface area contributed by atoms with E-state index in [4.69, 9.17) is 14.2 Å². The van der Waals surface area contributed by atoms with Crippen LogP contribution in [0.3, 0.4) is 0 Å². The SMILES string of the molecule is CCOC(=O)C1(C(=O)OCC)C=C1COc1ccccc1. The van der Waals surface area contributed by atoms with Crippen LogP contribution in [0.4, 0.5) is 0 Å². The molecule has 0 heterocycles. The van der Waals surface area contributed by atoms with Gasteiger partial charge < -0.3 is 14.2 Å². The molecule has 0 fully saturated rings. The number of hydrogen-bond acceptors (Lipinski definition) is 5. The Kier molecular flexibility index (Phi) is 4.62. The second-order valence-corrected chi connectivity index (χ2v) is 4.52. The molecule has 0 aromatic heterocycles. The third-order valence-corrected chi connectivity index (χ3v) is 3.15. The highest BCUT2D eigenvalue weighted by molar-refractivity contribution is 6.11. The number of ether oxygens (including phenoxy) is 3. The predicted octanol–water partition coefficient (Wildman–Crippen LogP) is 2.12. The van der Waals surface area contributed by atoms with E-state index in [1.54, 1.807) is 32.1 Å². The lowest BCUT2D eigenvalue weighted by molar-refractivity contribution is -0.162. The summed E-state index contributed by atoms with van der Waals surface area (Å²) in [7, 11) is 0. The van der Waals surface area contributed by atoms with Gasteiger partial charge in [-0.3, -0.25) is 9.59 Å². The van der Waals surface area contributed by atoms with Crippen molar-refractivity contribution in [3.05, 3.63) is 42.0 Å².